The summed E-state index contributed by atoms with van der Waals surface area (Å²) in [6.07, 6.45) is 4.79. The Hall–Kier alpha value is -2.34. The second kappa shape index (κ2) is 11.2. The molecule has 0 spiro atoms. The van der Waals surface area contributed by atoms with E-state index in [1.165, 1.54) is 23.9 Å². The zero-order valence-corrected chi connectivity index (χ0v) is 18.2. The van der Waals surface area contributed by atoms with E-state index < -0.39 is 6.04 Å². The van der Waals surface area contributed by atoms with Crippen molar-refractivity contribution in [2.24, 2.45) is 0 Å². The Labute approximate surface area is 182 Å². The first kappa shape index (κ1) is 22.3. The number of nitrogens with one attached hydrogen (secondary N) is 1. The maximum Gasteiger partial charge on any atom is 0.243 e. The van der Waals surface area contributed by atoms with Crippen molar-refractivity contribution in [1.29, 1.82) is 0 Å². The Bertz CT molecular complexity index is 823. The number of hydrogen-bond acceptors (Lipinski definition) is 3. The van der Waals surface area contributed by atoms with Gasteiger partial charge in [0.1, 0.15) is 11.9 Å². The lowest BCUT2D eigenvalue weighted by molar-refractivity contribution is -0.139. The normalized spacial score (nSPS) is 15.0. The quantitative estimate of drug-likeness (QED) is 0.585. The molecule has 4 nitrogen and oxygen atoms in total. The van der Waals surface area contributed by atoms with E-state index in [0.717, 1.165) is 36.1 Å². The molecule has 1 atom stereocenters. The number of carbonyl (C=O) groups is 2. The molecule has 2 amide bonds. The lowest BCUT2D eigenvalue weighted by Crippen LogP contribution is -2.51. The molecule has 3 rings (SSSR count). The largest absolute Gasteiger partial charge is 0.352 e. The average Bonchev–Trinajstić information content (AvgIpc) is 3.27. The molecule has 0 bridgehead atoms. The van der Waals surface area contributed by atoms with Gasteiger partial charge in [-0.25, -0.2) is 4.39 Å². The van der Waals surface area contributed by atoms with Gasteiger partial charge in [-0.15, -0.1) is 11.8 Å². The van der Waals surface area contributed by atoms with Crippen molar-refractivity contribution < 1.29 is 14.0 Å². The van der Waals surface area contributed by atoms with Crippen LogP contribution >= 0.6 is 11.8 Å². The summed E-state index contributed by atoms with van der Waals surface area (Å²) in [5, 5.41) is 3.13. The highest BCUT2D eigenvalue weighted by Gasteiger charge is 2.30. The summed E-state index contributed by atoms with van der Waals surface area (Å²) >= 11 is 1.46. The van der Waals surface area contributed by atoms with Gasteiger partial charge >= 0.3 is 0 Å². The summed E-state index contributed by atoms with van der Waals surface area (Å²) in [6, 6.07) is 15.5. The molecule has 1 aliphatic carbocycles. The van der Waals surface area contributed by atoms with E-state index >= 15 is 0 Å². The fourth-order valence-corrected chi connectivity index (χ4v) is 4.62. The minimum absolute atomic E-state index is 0.0930. The van der Waals surface area contributed by atoms with Crippen LogP contribution in [0.15, 0.2) is 59.5 Å². The third kappa shape index (κ3) is 6.33. The van der Waals surface area contributed by atoms with Crippen molar-refractivity contribution in [3.8, 4) is 0 Å². The Morgan fingerprint density at radius 1 is 1.10 bits per heavy atom. The van der Waals surface area contributed by atoms with Gasteiger partial charge in [0.15, 0.2) is 0 Å². The predicted molar refractivity (Wildman–Crippen MR) is 119 cm³/mol. The van der Waals surface area contributed by atoms with Gasteiger partial charge in [-0.3, -0.25) is 9.59 Å². The molecule has 1 fully saturated rings. The molecular formula is C24H29FN2O2S. The van der Waals surface area contributed by atoms with Crippen molar-refractivity contribution in [2.45, 2.75) is 62.6 Å². The van der Waals surface area contributed by atoms with Gasteiger partial charge in [0.25, 0.3) is 0 Å². The molecule has 0 unspecified atom stereocenters. The lowest BCUT2D eigenvalue weighted by Gasteiger charge is -2.31. The standard InChI is InChI=1S/C24H29FN2O2S/c1-2-22(24(29)26-20-8-6-7-9-20)27(16-18-12-14-19(25)15-13-18)23(28)17-30-21-10-4-3-5-11-21/h3-5,10-15,20,22H,2,6-9,16-17H2,1H3,(H,26,29)/t22-/m0/s1. The number of thioether (sulfide) groups is 1. The Kier molecular flexibility index (Phi) is 8.31. The van der Waals surface area contributed by atoms with E-state index in [1.54, 1.807) is 17.0 Å². The highest BCUT2D eigenvalue weighted by Crippen LogP contribution is 2.22. The summed E-state index contributed by atoms with van der Waals surface area (Å²) in [7, 11) is 0. The zero-order valence-electron chi connectivity index (χ0n) is 17.4. The van der Waals surface area contributed by atoms with E-state index in [-0.39, 0.29) is 36.0 Å². The molecule has 2 aromatic carbocycles. The van der Waals surface area contributed by atoms with E-state index in [0.29, 0.717) is 6.42 Å². The highest BCUT2D eigenvalue weighted by molar-refractivity contribution is 8.00. The van der Waals surface area contributed by atoms with Crippen LogP contribution in [0.1, 0.15) is 44.6 Å². The van der Waals surface area contributed by atoms with E-state index in [2.05, 4.69) is 5.32 Å². The molecule has 30 heavy (non-hydrogen) atoms. The Morgan fingerprint density at radius 2 is 1.77 bits per heavy atom. The minimum Gasteiger partial charge on any atom is -0.352 e. The summed E-state index contributed by atoms with van der Waals surface area (Å²) < 4.78 is 13.3. The van der Waals surface area contributed by atoms with Crippen LogP contribution in [-0.4, -0.2) is 34.6 Å². The molecule has 160 valence electrons. The highest BCUT2D eigenvalue weighted by atomic mass is 32.2. The summed E-state index contributed by atoms with van der Waals surface area (Å²) in [6.45, 7) is 2.21. The van der Waals surface area contributed by atoms with Gasteiger partial charge in [-0.2, -0.15) is 0 Å². The van der Waals surface area contributed by atoms with Gasteiger partial charge in [0, 0.05) is 17.5 Å². The van der Waals surface area contributed by atoms with Crippen molar-refractivity contribution in [3.63, 3.8) is 0 Å². The van der Waals surface area contributed by atoms with Gasteiger partial charge in [-0.05, 0) is 49.1 Å². The molecule has 0 aromatic heterocycles. The summed E-state index contributed by atoms with van der Waals surface area (Å²) in [4.78, 5) is 28.9. The molecule has 1 aliphatic rings. The third-order valence-corrected chi connectivity index (χ3v) is 6.46. The number of amides is 2. The maximum atomic E-state index is 13.3. The van der Waals surface area contributed by atoms with Crippen LogP contribution in [0.5, 0.6) is 0 Å². The maximum absolute atomic E-state index is 13.3. The Morgan fingerprint density at radius 3 is 2.40 bits per heavy atom. The molecule has 2 aromatic rings. The van der Waals surface area contributed by atoms with Crippen LogP contribution in [0.25, 0.3) is 0 Å². The van der Waals surface area contributed by atoms with Gasteiger partial charge < -0.3 is 10.2 Å². The minimum atomic E-state index is -0.542. The van der Waals surface area contributed by atoms with E-state index in [9.17, 15) is 14.0 Å². The Balaban J connectivity index is 1.74. The lowest BCUT2D eigenvalue weighted by atomic mass is 10.1. The van der Waals surface area contributed by atoms with Crippen LogP contribution in [-0.2, 0) is 16.1 Å². The van der Waals surface area contributed by atoms with Crippen LogP contribution in [0.4, 0.5) is 4.39 Å². The van der Waals surface area contributed by atoms with Crippen molar-refractivity contribution in [3.05, 3.63) is 66.0 Å². The second-order valence-corrected chi connectivity index (χ2v) is 8.71. The van der Waals surface area contributed by atoms with Gasteiger partial charge in [-0.1, -0.05) is 50.1 Å². The molecule has 1 saturated carbocycles. The molecule has 0 radical (unpaired) electrons. The van der Waals surface area contributed by atoms with Crippen molar-refractivity contribution >= 4 is 23.6 Å². The predicted octanol–water partition coefficient (Wildman–Crippen LogP) is 4.78. The topological polar surface area (TPSA) is 49.4 Å². The van der Waals surface area contributed by atoms with Crippen molar-refractivity contribution in [2.75, 3.05) is 5.75 Å². The second-order valence-electron chi connectivity index (χ2n) is 7.66. The molecule has 0 saturated heterocycles. The number of benzene rings is 2. The van der Waals surface area contributed by atoms with Crippen LogP contribution in [0.3, 0.4) is 0 Å². The van der Waals surface area contributed by atoms with Crippen molar-refractivity contribution in [1.82, 2.24) is 10.2 Å². The SMILES string of the molecule is CC[C@@H](C(=O)NC1CCCC1)N(Cc1ccc(F)cc1)C(=O)CSc1ccccc1. The molecule has 1 N–H and O–H groups in total. The average molecular weight is 429 g/mol. The van der Waals surface area contributed by atoms with Gasteiger partial charge in [0.2, 0.25) is 11.8 Å². The number of nitrogens with zero attached hydrogens (tertiary/aromatic N) is 1. The van der Waals surface area contributed by atoms with Gasteiger partial charge in [0.05, 0.1) is 5.75 Å². The van der Waals surface area contributed by atoms with Crippen LogP contribution in [0.2, 0.25) is 0 Å². The number of hydrogen-bond donors (Lipinski definition) is 1. The monoisotopic (exact) mass is 428 g/mol. The zero-order chi connectivity index (χ0) is 21.3. The third-order valence-electron chi connectivity index (χ3n) is 5.46. The number of halogens is 1. The smallest absolute Gasteiger partial charge is 0.243 e. The molecule has 0 aliphatic heterocycles. The van der Waals surface area contributed by atoms with Crippen LogP contribution < -0.4 is 5.32 Å². The molecule has 0 heterocycles. The first-order valence-corrected chi connectivity index (χ1v) is 11.6. The fraction of sp³-hybridized carbons (Fsp3) is 0.417. The summed E-state index contributed by atoms with van der Waals surface area (Å²) in [5.41, 5.74) is 0.807. The van der Waals surface area contributed by atoms with E-state index in [4.69, 9.17) is 0 Å². The summed E-state index contributed by atoms with van der Waals surface area (Å²) in [5.74, 6) is -0.258. The molecule has 6 heteroatoms. The first-order chi connectivity index (χ1) is 14.6. The van der Waals surface area contributed by atoms with E-state index in [1.807, 2.05) is 37.3 Å². The van der Waals surface area contributed by atoms with Crippen LogP contribution in [0, 0.1) is 5.82 Å². The number of carbonyl (C=O) groups excluding carboxylic acids is 2. The first-order valence-electron chi connectivity index (χ1n) is 10.6. The fourth-order valence-electron chi connectivity index (χ4n) is 3.82. The number of rotatable bonds is 9. The molecular weight excluding hydrogens is 399 g/mol.